The molecule has 0 saturated carbocycles. The molecule has 84 valence electrons. The molecule has 0 amide bonds. The molecule has 0 aromatic heterocycles. The summed E-state index contributed by atoms with van der Waals surface area (Å²) in [6, 6.07) is 4.83. The monoisotopic (exact) mass is 218 g/mol. The average molecular weight is 218 g/mol. The van der Waals surface area contributed by atoms with Crippen LogP contribution in [0.15, 0.2) is 24.4 Å². The lowest BCUT2D eigenvalue weighted by atomic mass is 10.1. The van der Waals surface area contributed by atoms with E-state index in [9.17, 15) is 10.1 Å². The van der Waals surface area contributed by atoms with E-state index in [2.05, 4.69) is 4.85 Å². The van der Waals surface area contributed by atoms with Gasteiger partial charge < -0.3 is 0 Å². The number of hydrogen-bond donors (Lipinski definition) is 0. The summed E-state index contributed by atoms with van der Waals surface area (Å²) < 4.78 is 0. The van der Waals surface area contributed by atoms with Gasteiger partial charge in [0.25, 0.3) is 5.69 Å². The van der Waals surface area contributed by atoms with Crippen molar-refractivity contribution in [1.82, 2.24) is 0 Å². The first-order chi connectivity index (χ1) is 7.66. The van der Waals surface area contributed by atoms with E-state index in [4.69, 9.17) is 6.57 Å². The van der Waals surface area contributed by atoms with Crippen molar-refractivity contribution in [2.24, 2.45) is 0 Å². The Morgan fingerprint density at radius 2 is 2.06 bits per heavy atom. The van der Waals surface area contributed by atoms with Crippen molar-refractivity contribution < 1.29 is 4.92 Å². The average Bonchev–Trinajstić information content (AvgIpc) is 2.29. The largest absolute Gasteiger partial charge is 0.275 e. The van der Waals surface area contributed by atoms with Crippen LogP contribution in [0.4, 0.5) is 5.69 Å². The summed E-state index contributed by atoms with van der Waals surface area (Å²) in [7, 11) is 0. The summed E-state index contributed by atoms with van der Waals surface area (Å²) >= 11 is 0. The van der Waals surface area contributed by atoms with Gasteiger partial charge in [0.1, 0.15) is 0 Å². The number of rotatable bonds is 2. The zero-order valence-corrected chi connectivity index (χ0v) is 9.60. The van der Waals surface area contributed by atoms with Gasteiger partial charge in [-0.05, 0) is 18.6 Å². The predicted octanol–water partition coefficient (Wildman–Crippen LogP) is 3.82. The third-order valence-electron chi connectivity index (χ3n) is 1.81. The molecule has 0 atom stereocenters. The smallest absolute Gasteiger partial charge is 0.258 e. The highest BCUT2D eigenvalue weighted by atomic mass is 16.6. The molecule has 4 nitrogen and oxygen atoms in total. The molecular weight excluding hydrogens is 204 g/mol. The van der Waals surface area contributed by atoms with Crippen molar-refractivity contribution in [3.05, 3.63) is 57.1 Å². The second kappa shape index (κ2) is 7.18. The molecule has 0 spiro atoms. The predicted molar refractivity (Wildman–Crippen MR) is 64.8 cm³/mol. The SMILES string of the molecule is CC.[C-]#[N+]C=Cc1c(C)cccc1[N+](=O)[O-]. The highest BCUT2D eigenvalue weighted by Gasteiger charge is 2.11. The lowest BCUT2D eigenvalue weighted by Crippen LogP contribution is -1.93. The van der Waals surface area contributed by atoms with Crippen LogP contribution in [0.3, 0.4) is 0 Å². The Balaban J connectivity index is 0.00000106. The summed E-state index contributed by atoms with van der Waals surface area (Å²) in [5, 5.41) is 10.6. The van der Waals surface area contributed by atoms with Crippen molar-refractivity contribution in [2.45, 2.75) is 20.8 Å². The molecule has 1 aromatic carbocycles. The first-order valence-corrected chi connectivity index (χ1v) is 4.94. The molecule has 0 bridgehead atoms. The Bertz CT molecular complexity index is 431. The quantitative estimate of drug-likeness (QED) is 0.430. The van der Waals surface area contributed by atoms with Gasteiger partial charge in [0.15, 0.2) is 6.20 Å². The van der Waals surface area contributed by atoms with E-state index in [1.165, 1.54) is 18.3 Å². The summed E-state index contributed by atoms with van der Waals surface area (Å²) in [6.07, 6.45) is 2.68. The zero-order valence-electron chi connectivity index (χ0n) is 9.60. The molecule has 0 fully saturated rings. The van der Waals surface area contributed by atoms with E-state index in [1.807, 2.05) is 13.8 Å². The van der Waals surface area contributed by atoms with Gasteiger partial charge in [0.2, 0.25) is 0 Å². The molecule has 0 saturated heterocycles. The van der Waals surface area contributed by atoms with E-state index in [1.54, 1.807) is 19.1 Å². The van der Waals surface area contributed by atoms with Gasteiger partial charge >= 0.3 is 0 Å². The summed E-state index contributed by atoms with van der Waals surface area (Å²) in [6.45, 7) is 12.3. The van der Waals surface area contributed by atoms with Crippen molar-refractivity contribution in [3.63, 3.8) is 0 Å². The number of aryl methyl sites for hydroxylation is 1. The molecule has 1 aromatic rings. The Morgan fingerprint density at radius 1 is 1.44 bits per heavy atom. The van der Waals surface area contributed by atoms with Crippen LogP contribution in [0.1, 0.15) is 25.0 Å². The molecule has 0 aliphatic rings. The fraction of sp³-hybridized carbons (Fsp3) is 0.250. The third-order valence-corrected chi connectivity index (χ3v) is 1.81. The maximum atomic E-state index is 10.6. The van der Waals surface area contributed by atoms with E-state index in [0.29, 0.717) is 5.56 Å². The van der Waals surface area contributed by atoms with Gasteiger partial charge in [0, 0.05) is 11.6 Å². The molecule has 0 aliphatic heterocycles. The molecule has 0 heterocycles. The van der Waals surface area contributed by atoms with Gasteiger partial charge in [-0.3, -0.25) is 10.1 Å². The van der Waals surface area contributed by atoms with E-state index in [-0.39, 0.29) is 5.69 Å². The molecule has 0 aliphatic carbocycles. The molecule has 0 N–H and O–H groups in total. The van der Waals surface area contributed by atoms with Crippen LogP contribution in [0, 0.1) is 23.6 Å². The maximum Gasteiger partial charge on any atom is 0.275 e. The number of hydrogen-bond acceptors (Lipinski definition) is 2. The lowest BCUT2D eigenvalue weighted by Gasteiger charge is -2.00. The minimum Gasteiger partial charge on any atom is -0.258 e. The van der Waals surface area contributed by atoms with Gasteiger partial charge in [0.05, 0.1) is 11.5 Å². The van der Waals surface area contributed by atoms with Crippen molar-refractivity contribution >= 4 is 11.8 Å². The Labute approximate surface area is 95.2 Å². The number of nitrogens with zero attached hydrogens (tertiary/aromatic N) is 2. The molecular formula is C12H14N2O2. The van der Waals surface area contributed by atoms with E-state index in [0.717, 1.165) is 5.56 Å². The highest BCUT2D eigenvalue weighted by Crippen LogP contribution is 2.22. The normalized spacial score (nSPS) is 9.12. The maximum absolute atomic E-state index is 10.6. The molecule has 4 heteroatoms. The first kappa shape index (κ1) is 13.8. The third kappa shape index (κ3) is 3.54. The Morgan fingerprint density at radius 3 is 2.56 bits per heavy atom. The van der Waals surface area contributed by atoms with Gasteiger partial charge in [-0.2, -0.15) is 0 Å². The molecule has 0 radical (unpaired) electrons. The van der Waals surface area contributed by atoms with Crippen LogP contribution >= 0.6 is 0 Å². The molecule has 0 unspecified atom stereocenters. The van der Waals surface area contributed by atoms with Crippen LogP contribution < -0.4 is 0 Å². The Kier molecular flexibility index (Phi) is 6.22. The fourth-order valence-corrected chi connectivity index (χ4v) is 1.15. The van der Waals surface area contributed by atoms with Crippen molar-refractivity contribution in [1.29, 1.82) is 0 Å². The zero-order chi connectivity index (χ0) is 12.6. The lowest BCUT2D eigenvalue weighted by molar-refractivity contribution is -0.385. The van der Waals surface area contributed by atoms with Gasteiger partial charge in [-0.15, -0.1) is 0 Å². The van der Waals surface area contributed by atoms with Crippen LogP contribution in [-0.4, -0.2) is 4.92 Å². The second-order valence-corrected chi connectivity index (χ2v) is 2.71. The minimum atomic E-state index is -0.448. The summed E-state index contributed by atoms with van der Waals surface area (Å²) in [4.78, 5) is 13.2. The first-order valence-electron chi connectivity index (χ1n) is 4.94. The minimum absolute atomic E-state index is 0.0323. The number of benzene rings is 1. The number of nitro groups is 1. The summed E-state index contributed by atoms with van der Waals surface area (Å²) in [5.41, 5.74) is 1.32. The molecule has 16 heavy (non-hydrogen) atoms. The van der Waals surface area contributed by atoms with Crippen molar-refractivity contribution in [2.75, 3.05) is 0 Å². The van der Waals surface area contributed by atoms with Gasteiger partial charge in [-0.25, -0.2) is 4.85 Å². The Hall–Kier alpha value is -2.15. The van der Waals surface area contributed by atoms with E-state index < -0.39 is 4.92 Å². The van der Waals surface area contributed by atoms with Crippen LogP contribution in [0.25, 0.3) is 10.9 Å². The van der Waals surface area contributed by atoms with Gasteiger partial charge in [-0.1, -0.05) is 26.0 Å². The van der Waals surface area contributed by atoms with Crippen LogP contribution in [-0.2, 0) is 0 Å². The van der Waals surface area contributed by atoms with E-state index >= 15 is 0 Å². The van der Waals surface area contributed by atoms with Crippen LogP contribution in [0.2, 0.25) is 0 Å². The number of nitro benzene ring substituents is 1. The second-order valence-electron chi connectivity index (χ2n) is 2.71. The molecule has 1 rings (SSSR count). The summed E-state index contributed by atoms with van der Waals surface area (Å²) in [5.74, 6) is 0. The highest BCUT2D eigenvalue weighted by molar-refractivity contribution is 5.64. The standard InChI is InChI=1S/C10H8N2O2.C2H6/c1-8-4-3-5-10(12(13)14)9(8)6-7-11-2;1-2/h3-7H,1H3;1-2H3. The topological polar surface area (TPSA) is 47.5 Å². The fourth-order valence-electron chi connectivity index (χ4n) is 1.15. The van der Waals surface area contributed by atoms with Crippen molar-refractivity contribution in [3.8, 4) is 0 Å². The van der Waals surface area contributed by atoms with Crippen LogP contribution in [0.5, 0.6) is 0 Å².